The van der Waals surface area contributed by atoms with Crippen molar-refractivity contribution in [1.29, 1.82) is 0 Å². The first-order valence-electron chi connectivity index (χ1n) is 13.1. The highest BCUT2D eigenvalue weighted by Crippen LogP contribution is 2.33. The molecule has 7 nitrogen and oxygen atoms in total. The van der Waals surface area contributed by atoms with Crippen LogP contribution in [0.3, 0.4) is 0 Å². The lowest BCUT2D eigenvalue weighted by atomic mass is 9.93. The van der Waals surface area contributed by atoms with Crippen molar-refractivity contribution >= 4 is 40.1 Å². The number of hydrogen-bond donors (Lipinski definition) is 1. The molecule has 4 heterocycles. The van der Waals surface area contributed by atoms with Crippen LogP contribution in [0.4, 0.5) is 0 Å². The number of ether oxygens (including phenoxy) is 1. The second kappa shape index (κ2) is 10.7. The molecule has 0 spiro atoms. The number of hydrogen-bond acceptors (Lipinski definition) is 5. The number of nitrogens with one attached hydrogen (secondary N) is 1. The monoisotopic (exact) mass is 543 g/mol. The van der Waals surface area contributed by atoms with Crippen LogP contribution in [0.15, 0.2) is 41.3 Å². The summed E-state index contributed by atoms with van der Waals surface area (Å²) in [6.07, 6.45) is 4.94. The first-order chi connectivity index (χ1) is 17.8. The Morgan fingerprint density at radius 2 is 1.84 bits per heavy atom. The van der Waals surface area contributed by atoms with Gasteiger partial charge in [0, 0.05) is 63.3 Å². The zero-order valence-corrected chi connectivity index (χ0v) is 22.8. The van der Waals surface area contributed by atoms with Gasteiger partial charge >= 0.3 is 5.91 Å². The van der Waals surface area contributed by atoms with E-state index in [2.05, 4.69) is 10.3 Å². The summed E-state index contributed by atoms with van der Waals surface area (Å²) in [7, 11) is 0. The number of pyridine rings is 2. The molecule has 2 saturated heterocycles. The average molecular weight is 545 g/mol. The number of nitrogens with zero attached hydrogens (tertiary/aromatic N) is 3. The molecule has 5 rings (SSSR count). The van der Waals surface area contributed by atoms with Gasteiger partial charge in [-0.1, -0.05) is 23.2 Å². The number of fused-ring (bicyclic) bond motifs is 1. The van der Waals surface area contributed by atoms with Gasteiger partial charge in [0.05, 0.1) is 34.6 Å². The Kier molecular flexibility index (Phi) is 7.59. The number of carbonyl (C=O) groups is 1. The molecule has 0 unspecified atom stereocenters. The fourth-order valence-corrected chi connectivity index (χ4v) is 6.18. The highest BCUT2D eigenvalue weighted by atomic mass is 35.5. The fourth-order valence-electron chi connectivity index (χ4n) is 5.89. The molecule has 37 heavy (non-hydrogen) atoms. The topological polar surface area (TPSA) is 73.2 Å². The highest BCUT2D eigenvalue weighted by molar-refractivity contribution is 6.42. The van der Waals surface area contributed by atoms with Crippen molar-refractivity contribution in [3.05, 3.63) is 68.1 Å². The van der Waals surface area contributed by atoms with Crippen molar-refractivity contribution in [3.8, 4) is 5.75 Å². The van der Waals surface area contributed by atoms with Crippen LogP contribution in [0.1, 0.15) is 48.7 Å². The van der Waals surface area contributed by atoms with Gasteiger partial charge in [0.1, 0.15) is 23.1 Å². The molecular weight excluding hydrogens is 511 g/mol. The third kappa shape index (κ3) is 5.02. The number of carbonyl (C=O) groups excluding carboxylic acids is 1. The van der Waals surface area contributed by atoms with Crippen LogP contribution in [0.2, 0.25) is 10.0 Å². The van der Waals surface area contributed by atoms with E-state index in [4.69, 9.17) is 27.9 Å². The van der Waals surface area contributed by atoms with Gasteiger partial charge in [0.2, 0.25) is 5.43 Å². The van der Waals surface area contributed by atoms with Gasteiger partial charge < -0.3 is 14.6 Å². The van der Waals surface area contributed by atoms with Crippen LogP contribution < -0.4 is 15.5 Å². The minimum atomic E-state index is -0.224. The molecule has 0 radical (unpaired) electrons. The summed E-state index contributed by atoms with van der Waals surface area (Å²) in [5.74, 6) is 0.602. The van der Waals surface area contributed by atoms with Crippen LogP contribution >= 0.6 is 23.2 Å². The molecule has 1 aromatic carbocycles. The molecule has 1 N–H and O–H groups in total. The molecule has 2 aromatic heterocycles. The zero-order valence-electron chi connectivity index (χ0n) is 21.3. The number of halogens is 2. The molecule has 0 aliphatic carbocycles. The maximum absolute atomic E-state index is 14.4. The lowest BCUT2D eigenvalue weighted by Gasteiger charge is -2.47. The second-order valence-corrected chi connectivity index (χ2v) is 11.0. The molecule has 2 fully saturated rings. The maximum atomic E-state index is 14.4. The Labute approximate surface area is 226 Å². The number of likely N-dealkylation sites (tertiary alicyclic amines) is 1. The maximum Gasteiger partial charge on any atom is 0.351 e. The quantitative estimate of drug-likeness (QED) is 0.459. The van der Waals surface area contributed by atoms with Gasteiger partial charge in [-0.3, -0.25) is 9.28 Å². The Morgan fingerprint density at radius 1 is 1.11 bits per heavy atom. The van der Waals surface area contributed by atoms with Gasteiger partial charge in [-0.2, -0.15) is 0 Å². The number of quaternary nitrogens is 1. The van der Waals surface area contributed by atoms with E-state index >= 15 is 0 Å². The van der Waals surface area contributed by atoms with Crippen molar-refractivity contribution in [2.24, 2.45) is 0 Å². The van der Waals surface area contributed by atoms with E-state index < -0.39 is 0 Å². The summed E-state index contributed by atoms with van der Waals surface area (Å²) >= 11 is 12.2. The van der Waals surface area contributed by atoms with Crippen LogP contribution in [0, 0.1) is 6.92 Å². The van der Waals surface area contributed by atoms with Gasteiger partial charge in [-0.15, -0.1) is 0 Å². The fraction of sp³-hybridized carbons (Fsp3) is 0.464. The van der Waals surface area contributed by atoms with E-state index in [1.54, 1.807) is 24.4 Å². The van der Waals surface area contributed by atoms with Crippen LogP contribution in [-0.4, -0.2) is 58.3 Å². The molecule has 0 bridgehead atoms. The number of aromatic nitrogens is 2. The largest absolute Gasteiger partial charge is 0.490 e. The van der Waals surface area contributed by atoms with Crippen molar-refractivity contribution in [1.82, 2.24) is 14.9 Å². The lowest BCUT2D eigenvalue weighted by Crippen LogP contribution is -2.66. The molecule has 9 heteroatoms. The molecule has 2 aliphatic heterocycles. The van der Waals surface area contributed by atoms with Crippen LogP contribution in [-0.2, 0) is 6.54 Å². The summed E-state index contributed by atoms with van der Waals surface area (Å²) < 4.78 is 8.46. The molecule has 3 aromatic rings. The first kappa shape index (κ1) is 26.2. The summed E-state index contributed by atoms with van der Waals surface area (Å²) in [6, 6.07) is 9.09. The van der Waals surface area contributed by atoms with Crippen molar-refractivity contribution in [2.75, 3.05) is 26.2 Å². The normalized spacial score (nSPS) is 22.8. The molecular formula is C28H33Cl2N4O3+. The minimum absolute atomic E-state index is 0.0333. The third-order valence-corrected chi connectivity index (χ3v) is 8.68. The van der Waals surface area contributed by atoms with E-state index in [-0.39, 0.29) is 29.0 Å². The van der Waals surface area contributed by atoms with Gasteiger partial charge in [0.25, 0.3) is 0 Å². The molecule has 0 atom stereocenters. The zero-order chi connectivity index (χ0) is 26.2. The summed E-state index contributed by atoms with van der Waals surface area (Å²) in [5.41, 5.74) is 1.52. The summed E-state index contributed by atoms with van der Waals surface area (Å²) in [4.78, 5) is 32.6. The van der Waals surface area contributed by atoms with Crippen molar-refractivity contribution in [3.63, 3.8) is 0 Å². The van der Waals surface area contributed by atoms with Gasteiger partial charge in [-0.05, 0) is 38.1 Å². The van der Waals surface area contributed by atoms with Crippen LogP contribution in [0.25, 0.3) is 11.0 Å². The standard InChI is InChI=1S/C28H33Cl2N4O3/c1-3-33-17-23(26(35)22-6-4-18(2)32-27(22)33)28(36)34(19-8-12-31-13-9-19)14-10-20(11-15-34)37-21-5-7-24(29)25(30)16-21/h4-7,16-17,19-20,31H,3,8-15H2,1-2H3/q+1. The Hall–Kier alpha value is -2.45. The number of piperidine rings is 2. The third-order valence-electron chi connectivity index (χ3n) is 7.94. The summed E-state index contributed by atoms with van der Waals surface area (Å²) in [6.45, 7) is 7.55. The smallest absolute Gasteiger partial charge is 0.351 e. The predicted molar refractivity (Wildman–Crippen MR) is 147 cm³/mol. The molecule has 196 valence electrons. The first-order valence-corrected chi connectivity index (χ1v) is 13.8. The highest BCUT2D eigenvalue weighted by Gasteiger charge is 2.49. The molecule has 1 amide bonds. The lowest BCUT2D eigenvalue weighted by molar-refractivity contribution is -0.881. The van der Waals surface area contributed by atoms with E-state index in [0.29, 0.717) is 63.8 Å². The van der Waals surface area contributed by atoms with Crippen LogP contribution in [0.5, 0.6) is 5.75 Å². The van der Waals surface area contributed by atoms with E-state index in [9.17, 15) is 9.59 Å². The van der Waals surface area contributed by atoms with E-state index in [1.807, 2.05) is 30.5 Å². The summed E-state index contributed by atoms with van der Waals surface area (Å²) in [5, 5.41) is 4.86. The number of aryl methyl sites for hydroxylation is 2. The van der Waals surface area contributed by atoms with Crippen molar-refractivity contribution < 1.29 is 14.0 Å². The second-order valence-electron chi connectivity index (χ2n) is 10.1. The van der Waals surface area contributed by atoms with Crippen molar-refractivity contribution in [2.45, 2.75) is 58.2 Å². The average Bonchev–Trinajstić information content (AvgIpc) is 2.91. The Balaban J connectivity index is 1.48. The number of rotatable bonds is 5. The molecule has 2 aliphatic rings. The van der Waals surface area contributed by atoms with E-state index in [1.165, 1.54) is 0 Å². The minimum Gasteiger partial charge on any atom is -0.490 e. The predicted octanol–water partition coefficient (Wildman–Crippen LogP) is 4.98. The molecule has 0 saturated carbocycles. The van der Waals surface area contributed by atoms with E-state index in [0.717, 1.165) is 31.6 Å². The number of amides is 1. The number of benzene rings is 1. The van der Waals surface area contributed by atoms with Gasteiger partial charge in [-0.25, -0.2) is 9.78 Å². The Morgan fingerprint density at radius 3 is 2.51 bits per heavy atom. The van der Waals surface area contributed by atoms with Gasteiger partial charge in [0.15, 0.2) is 0 Å². The SMILES string of the molecule is CCn1cc(C(=O)[N+]2(C3CCNCC3)CCC(Oc3ccc(Cl)c(Cl)c3)CC2)c(=O)c2ccc(C)nc21. The Bertz CT molecular complexity index is 1380.